The Balaban J connectivity index is 1.25. The van der Waals surface area contributed by atoms with E-state index in [1.165, 1.54) is 23.2 Å². The number of nitrogens with zero attached hydrogens (tertiary/aromatic N) is 3. The first kappa shape index (κ1) is 18.7. The predicted molar refractivity (Wildman–Crippen MR) is 128 cm³/mol. The third kappa shape index (κ3) is 3.59. The molecule has 1 aromatic heterocycles. The normalized spacial score (nSPS) is 17.7. The summed E-state index contributed by atoms with van der Waals surface area (Å²) < 4.78 is 0. The number of hydrogen-bond donors (Lipinski definition) is 1. The zero-order valence-corrected chi connectivity index (χ0v) is 17.6. The fraction of sp³-hybridized carbons (Fsp3) is 0.143. The van der Waals surface area contributed by atoms with Crippen LogP contribution in [0.4, 0.5) is 17.2 Å². The molecule has 3 aromatic carbocycles. The summed E-state index contributed by atoms with van der Waals surface area (Å²) in [6.45, 7) is 0.965. The van der Waals surface area contributed by atoms with Crippen molar-refractivity contribution < 1.29 is 0 Å². The van der Waals surface area contributed by atoms with E-state index in [9.17, 15) is 0 Å². The molecule has 2 aliphatic rings. The molecule has 1 aliphatic heterocycles. The molecule has 1 aliphatic carbocycles. The summed E-state index contributed by atoms with van der Waals surface area (Å²) in [6.07, 6.45) is 4.56. The van der Waals surface area contributed by atoms with Crippen molar-refractivity contribution in [3.63, 3.8) is 0 Å². The smallest absolute Gasteiger partial charge is 0.149 e. The van der Waals surface area contributed by atoms with Crippen molar-refractivity contribution >= 4 is 17.2 Å². The second-order valence-electron chi connectivity index (χ2n) is 8.32. The van der Waals surface area contributed by atoms with Gasteiger partial charge in [-0.05, 0) is 47.9 Å². The van der Waals surface area contributed by atoms with Gasteiger partial charge in [0.1, 0.15) is 12.1 Å². The lowest BCUT2D eigenvalue weighted by molar-refractivity contribution is 0.810. The summed E-state index contributed by atoms with van der Waals surface area (Å²) in [4.78, 5) is 11.2. The molecule has 6 rings (SSSR count). The van der Waals surface area contributed by atoms with Crippen molar-refractivity contribution in [1.82, 2.24) is 9.97 Å². The molecule has 1 saturated carbocycles. The molecule has 0 bridgehead atoms. The van der Waals surface area contributed by atoms with Crippen LogP contribution in [0.2, 0.25) is 0 Å². The summed E-state index contributed by atoms with van der Waals surface area (Å²) in [7, 11) is 0. The Bertz CT molecular complexity index is 1320. The summed E-state index contributed by atoms with van der Waals surface area (Å²) >= 11 is 0. The van der Waals surface area contributed by atoms with Crippen molar-refractivity contribution in [2.24, 2.45) is 0 Å². The Morgan fingerprint density at radius 2 is 1.75 bits per heavy atom. The molecule has 0 spiro atoms. The van der Waals surface area contributed by atoms with Gasteiger partial charge in [-0.3, -0.25) is 0 Å². The second-order valence-corrected chi connectivity index (χ2v) is 8.32. The van der Waals surface area contributed by atoms with Crippen LogP contribution in [0.15, 0.2) is 91.4 Å². The van der Waals surface area contributed by atoms with Crippen molar-refractivity contribution in [2.45, 2.75) is 24.9 Å². The average molecular weight is 415 g/mol. The van der Waals surface area contributed by atoms with Crippen LogP contribution in [-0.2, 0) is 6.54 Å². The number of anilines is 3. The van der Waals surface area contributed by atoms with E-state index in [4.69, 9.17) is 0 Å². The Labute approximate surface area is 188 Å². The molecule has 4 heteroatoms. The molecule has 0 saturated heterocycles. The second kappa shape index (κ2) is 7.86. The van der Waals surface area contributed by atoms with E-state index < -0.39 is 0 Å². The molecule has 4 aromatic rings. The molecule has 32 heavy (non-hydrogen) atoms. The average Bonchev–Trinajstić information content (AvgIpc) is 3.59. The van der Waals surface area contributed by atoms with Crippen LogP contribution < -0.4 is 10.2 Å². The number of fused-ring (bicyclic) bond motifs is 3. The third-order valence-electron chi connectivity index (χ3n) is 6.18. The van der Waals surface area contributed by atoms with Crippen molar-refractivity contribution in [1.29, 1.82) is 0 Å². The maximum Gasteiger partial charge on any atom is 0.149 e. The fourth-order valence-corrected chi connectivity index (χ4v) is 4.53. The summed E-state index contributed by atoms with van der Waals surface area (Å²) in [5, 5.41) is 3.47. The van der Waals surface area contributed by atoms with Gasteiger partial charge in [-0.15, -0.1) is 0 Å². The minimum atomic E-state index is 0.631. The number of nitrogens with one attached hydrogen (secondary N) is 1. The van der Waals surface area contributed by atoms with Crippen molar-refractivity contribution in [3.05, 3.63) is 114 Å². The topological polar surface area (TPSA) is 41.1 Å². The van der Waals surface area contributed by atoms with E-state index in [0.29, 0.717) is 12.0 Å². The molecule has 2 heterocycles. The molecule has 2 unspecified atom stereocenters. The van der Waals surface area contributed by atoms with Gasteiger partial charge in [0, 0.05) is 41.6 Å². The van der Waals surface area contributed by atoms with Crippen LogP contribution >= 0.6 is 0 Å². The van der Waals surface area contributed by atoms with Crippen molar-refractivity contribution in [2.75, 3.05) is 10.2 Å². The molecule has 1 N–H and O–H groups in total. The quantitative estimate of drug-likeness (QED) is 0.448. The highest BCUT2D eigenvalue weighted by molar-refractivity contribution is 5.73. The SMILES string of the molecule is C(#Cc1cncnc1Nc1ccc2c(c1)C1CC1N2Cc1ccccc1)c1ccccc1. The largest absolute Gasteiger partial charge is 0.363 e. The highest BCUT2D eigenvalue weighted by Crippen LogP contribution is 2.56. The number of aromatic nitrogens is 2. The lowest BCUT2D eigenvalue weighted by Gasteiger charge is -2.23. The molecule has 4 nitrogen and oxygen atoms in total. The molecule has 0 amide bonds. The standard InChI is InChI=1S/C28H22N4/c1-3-7-20(8-4-1)11-12-22-17-29-19-30-28(22)31-23-13-14-26-24(15-23)25-16-27(25)32(26)18-21-9-5-2-6-10-21/h1-10,13-15,17,19,25,27H,16,18H2,(H,29,30,31). The highest BCUT2D eigenvalue weighted by Gasteiger charge is 2.50. The van der Waals surface area contributed by atoms with Crippen LogP contribution in [0, 0.1) is 11.8 Å². The van der Waals surface area contributed by atoms with Gasteiger partial charge in [0.15, 0.2) is 0 Å². The van der Waals surface area contributed by atoms with Crippen LogP contribution in [0.25, 0.3) is 0 Å². The molecule has 1 fully saturated rings. The van der Waals surface area contributed by atoms with Crippen LogP contribution in [0.5, 0.6) is 0 Å². The van der Waals surface area contributed by atoms with Crippen LogP contribution in [-0.4, -0.2) is 16.0 Å². The van der Waals surface area contributed by atoms with Gasteiger partial charge in [-0.25, -0.2) is 9.97 Å². The minimum absolute atomic E-state index is 0.631. The van der Waals surface area contributed by atoms with E-state index in [-0.39, 0.29) is 0 Å². The fourth-order valence-electron chi connectivity index (χ4n) is 4.53. The number of rotatable bonds is 4. The number of benzene rings is 3. The van der Waals surface area contributed by atoms with Gasteiger partial charge in [0.2, 0.25) is 0 Å². The zero-order valence-electron chi connectivity index (χ0n) is 17.6. The molecular weight excluding hydrogens is 392 g/mol. The third-order valence-corrected chi connectivity index (χ3v) is 6.18. The lowest BCUT2D eigenvalue weighted by atomic mass is 10.1. The maximum atomic E-state index is 4.44. The zero-order chi connectivity index (χ0) is 21.3. The Morgan fingerprint density at radius 1 is 0.938 bits per heavy atom. The maximum absolute atomic E-state index is 4.44. The first-order valence-electron chi connectivity index (χ1n) is 10.9. The summed E-state index contributed by atoms with van der Waals surface area (Å²) in [5.74, 6) is 7.77. The van der Waals surface area contributed by atoms with Crippen molar-refractivity contribution in [3.8, 4) is 11.8 Å². The number of hydrogen-bond acceptors (Lipinski definition) is 4. The first-order valence-corrected chi connectivity index (χ1v) is 10.9. The molecule has 0 radical (unpaired) electrons. The van der Waals surface area contributed by atoms with Gasteiger partial charge < -0.3 is 10.2 Å². The molecular formula is C28H22N4. The van der Waals surface area contributed by atoms with Crippen LogP contribution in [0.1, 0.15) is 34.6 Å². The first-order chi connectivity index (χ1) is 15.8. The van der Waals surface area contributed by atoms with E-state index >= 15 is 0 Å². The summed E-state index contributed by atoms with van der Waals surface area (Å²) in [6, 6.07) is 28.0. The summed E-state index contributed by atoms with van der Waals surface area (Å²) in [5.41, 5.74) is 6.94. The minimum Gasteiger partial charge on any atom is -0.363 e. The predicted octanol–water partition coefficient (Wildman–Crippen LogP) is 5.50. The van der Waals surface area contributed by atoms with E-state index in [1.807, 2.05) is 30.3 Å². The lowest BCUT2D eigenvalue weighted by Crippen LogP contribution is -2.22. The van der Waals surface area contributed by atoms with E-state index in [1.54, 1.807) is 12.5 Å². The van der Waals surface area contributed by atoms with Gasteiger partial charge >= 0.3 is 0 Å². The van der Waals surface area contributed by atoms with E-state index in [0.717, 1.165) is 29.2 Å². The highest BCUT2D eigenvalue weighted by atomic mass is 15.2. The Morgan fingerprint density at radius 3 is 2.59 bits per heavy atom. The molecule has 154 valence electrons. The van der Waals surface area contributed by atoms with Gasteiger partial charge in [0.25, 0.3) is 0 Å². The van der Waals surface area contributed by atoms with E-state index in [2.05, 4.69) is 80.6 Å². The molecule has 2 atom stereocenters. The van der Waals surface area contributed by atoms with Gasteiger partial charge in [-0.2, -0.15) is 0 Å². The van der Waals surface area contributed by atoms with Crippen LogP contribution in [0.3, 0.4) is 0 Å². The van der Waals surface area contributed by atoms with Gasteiger partial charge in [0.05, 0.1) is 5.56 Å². The van der Waals surface area contributed by atoms with Gasteiger partial charge in [-0.1, -0.05) is 60.4 Å². The Hall–Kier alpha value is -4.10. The monoisotopic (exact) mass is 414 g/mol. The Kier molecular flexibility index (Phi) is 4.58.